The van der Waals surface area contributed by atoms with Gasteiger partial charge >= 0.3 is 5.97 Å². The smallest absolute Gasteiger partial charge is 0.320 e. The molecule has 0 aliphatic heterocycles. The Bertz CT molecular complexity index is 381. The van der Waals surface area contributed by atoms with Crippen molar-refractivity contribution in [3.63, 3.8) is 0 Å². The second kappa shape index (κ2) is 5.46. The number of nitrogens with one attached hydrogen (secondary N) is 1. The van der Waals surface area contributed by atoms with Crippen LogP contribution in [0.3, 0.4) is 0 Å². The molecule has 0 radical (unpaired) electrons. The first kappa shape index (κ1) is 12.4. The number of methoxy groups -OCH3 is 1. The van der Waals surface area contributed by atoms with E-state index in [-0.39, 0.29) is 5.75 Å². The van der Waals surface area contributed by atoms with Crippen LogP contribution in [-0.4, -0.2) is 24.2 Å². The lowest BCUT2D eigenvalue weighted by molar-refractivity contribution is -0.139. The van der Waals surface area contributed by atoms with Gasteiger partial charge in [0.25, 0.3) is 0 Å². The summed E-state index contributed by atoms with van der Waals surface area (Å²) in [7, 11) is 1.39. The highest BCUT2D eigenvalue weighted by atomic mass is 19.1. The van der Waals surface area contributed by atoms with Crippen molar-refractivity contribution < 1.29 is 19.0 Å². The zero-order valence-electron chi connectivity index (χ0n) is 9.16. The third kappa shape index (κ3) is 3.20. The predicted molar refractivity (Wildman–Crippen MR) is 56.9 cm³/mol. The molecule has 0 saturated heterocycles. The minimum atomic E-state index is -0.936. The second-order valence-corrected chi connectivity index (χ2v) is 3.41. The molecule has 0 aromatic heterocycles. The molecule has 0 saturated carbocycles. The third-order valence-electron chi connectivity index (χ3n) is 2.20. The summed E-state index contributed by atoms with van der Waals surface area (Å²) in [5.41, 5.74) is 0.673. The molecule has 0 spiro atoms. The molecule has 0 bridgehead atoms. The van der Waals surface area contributed by atoms with Gasteiger partial charge in [0.2, 0.25) is 0 Å². The maximum Gasteiger partial charge on any atom is 0.320 e. The molecule has 0 aliphatic carbocycles. The van der Waals surface area contributed by atoms with Crippen LogP contribution >= 0.6 is 0 Å². The van der Waals surface area contributed by atoms with Gasteiger partial charge < -0.3 is 15.2 Å². The van der Waals surface area contributed by atoms with Crippen molar-refractivity contribution in [3.8, 4) is 5.75 Å². The average Bonchev–Trinajstić information content (AvgIpc) is 2.25. The average molecular weight is 227 g/mol. The van der Waals surface area contributed by atoms with E-state index in [0.717, 1.165) is 0 Å². The summed E-state index contributed by atoms with van der Waals surface area (Å²) in [6, 6.07) is 3.85. The van der Waals surface area contributed by atoms with E-state index in [1.54, 1.807) is 6.07 Å². The maximum atomic E-state index is 13.3. The largest absolute Gasteiger partial charge is 0.494 e. The van der Waals surface area contributed by atoms with Crippen molar-refractivity contribution in [2.75, 3.05) is 7.11 Å². The fourth-order valence-electron chi connectivity index (χ4n) is 1.18. The van der Waals surface area contributed by atoms with E-state index < -0.39 is 17.8 Å². The van der Waals surface area contributed by atoms with Crippen molar-refractivity contribution in [1.82, 2.24) is 5.32 Å². The molecule has 5 heteroatoms. The van der Waals surface area contributed by atoms with Crippen LogP contribution in [0.5, 0.6) is 5.75 Å². The van der Waals surface area contributed by atoms with Crippen LogP contribution in [0.4, 0.5) is 4.39 Å². The first-order chi connectivity index (χ1) is 7.54. The molecular formula is C11H14FNO3. The summed E-state index contributed by atoms with van der Waals surface area (Å²) in [5, 5.41) is 11.4. The van der Waals surface area contributed by atoms with E-state index in [4.69, 9.17) is 9.84 Å². The lowest BCUT2D eigenvalue weighted by Gasteiger charge is -2.09. The SMILES string of the molecule is COc1ccc(CN[C@@H](C)C(=O)O)cc1F. The second-order valence-electron chi connectivity index (χ2n) is 3.41. The summed E-state index contributed by atoms with van der Waals surface area (Å²) in [6.07, 6.45) is 0. The van der Waals surface area contributed by atoms with Gasteiger partial charge in [0.15, 0.2) is 11.6 Å². The van der Waals surface area contributed by atoms with Crippen LogP contribution in [-0.2, 0) is 11.3 Å². The molecule has 88 valence electrons. The van der Waals surface area contributed by atoms with Gasteiger partial charge in [-0.1, -0.05) is 6.07 Å². The molecule has 0 aliphatic rings. The molecule has 1 atom stereocenters. The van der Waals surface area contributed by atoms with Crippen LogP contribution in [0.25, 0.3) is 0 Å². The van der Waals surface area contributed by atoms with Crippen molar-refractivity contribution in [2.45, 2.75) is 19.5 Å². The van der Waals surface area contributed by atoms with Gasteiger partial charge in [-0.25, -0.2) is 4.39 Å². The van der Waals surface area contributed by atoms with Crippen LogP contribution in [0.15, 0.2) is 18.2 Å². The molecule has 0 amide bonds. The number of hydrogen-bond acceptors (Lipinski definition) is 3. The van der Waals surface area contributed by atoms with Gasteiger partial charge in [-0.2, -0.15) is 0 Å². The molecule has 0 fully saturated rings. The molecule has 1 rings (SSSR count). The molecule has 16 heavy (non-hydrogen) atoms. The Balaban J connectivity index is 2.62. The molecule has 1 aromatic carbocycles. The Labute approximate surface area is 93.0 Å². The molecule has 0 unspecified atom stereocenters. The number of carboxylic acid groups (broad SMARTS) is 1. The first-order valence-electron chi connectivity index (χ1n) is 4.83. The molecule has 2 N–H and O–H groups in total. The van der Waals surface area contributed by atoms with Gasteiger partial charge in [-0.3, -0.25) is 4.79 Å². The van der Waals surface area contributed by atoms with Gasteiger partial charge in [-0.05, 0) is 24.6 Å². The third-order valence-corrected chi connectivity index (χ3v) is 2.20. The quantitative estimate of drug-likeness (QED) is 0.798. The van der Waals surface area contributed by atoms with E-state index in [1.807, 2.05) is 0 Å². The minimum absolute atomic E-state index is 0.176. The Hall–Kier alpha value is -1.62. The van der Waals surface area contributed by atoms with Crippen LogP contribution < -0.4 is 10.1 Å². The van der Waals surface area contributed by atoms with E-state index in [1.165, 1.54) is 26.2 Å². The first-order valence-corrected chi connectivity index (χ1v) is 4.83. The van der Waals surface area contributed by atoms with Crippen LogP contribution in [0, 0.1) is 5.82 Å². The van der Waals surface area contributed by atoms with Gasteiger partial charge in [0.1, 0.15) is 6.04 Å². The Morgan fingerprint density at radius 3 is 2.81 bits per heavy atom. The van der Waals surface area contributed by atoms with E-state index in [0.29, 0.717) is 12.1 Å². The number of hydrogen-bond donors (Lipinski definition) is 2. The molecular weight excluding hydrogens is 213 g/mol. The highest BCUT2D eigenvalue weighted by Gasteiger charge is 2.10. The summed E-state index contributed by atoms with van der Waals surface area (Å²) in [4.78, 5) is 10.5. The fourth-order valence-corrected chi connectivity index (χ4v) is 1.18. The van der Waals surface area contributed by atoms with Crippen LogP contribution in [0.2, 0.25) is 0 Å². The summed E-state index contributed by atoms with van der Waals surface area (Å²) < 4.78 is 18.0. The van der Waals surface area contributed by atoms with Gasteiger partial charge in [-0.15, -0.1) is 0 Å². The monoisotopic (exact) mass is 227 g/mol. The van der Waals surface area contributed by atoms with E-state index in [9.17, 15) is 9.18 Å². The number of carboxylic acids is 1. The highest BCUT2D eigenvalue weighted by molar-refractivity contribution is 5.72. The molecule has 4 nitrogen and oxygen atoms in total. The predicted octanol–water partition coefficient (Wildman–Crippen LogP) is 1.40. The minimum Gasteiger partial charge on any atom is -0.494 e. The lowest BCUT2D eigenvalue weighted by atomic mass is 10.2. The van der Waals surface area contributed by atoms with Crippen molar-refractivity contribution in [2.24, 2.45) is 0 Å². The number of benzene rings is 1. The van der Waals surface area contributed by atoms with Crippen molar-refractivity contribution >= 4 is 5.97 Å². The number of rotatable bonds is 5. The van der Waals surface area contributed by atoms with Gasteiger partial charge in [0, 0.05) is 6.54 Å². The normalized spacial score (nSPS) is 12.2. The van der Waals surface area contributed by atoms with Crippen molar-refractivity contribution in [3.05, 3.63) is 29.6 Å². The van der Waals surface area contributed by atoms with Gasteiger partial charge in [0.05, 0.1) is 7.11 Å². The van der Waals surface area contributed by atoms with E-state index in [2.05, 4.69) is 5.32 Å². The standard InChI is InChI=1S/C11H14FNO3/c1-7(11(14)15)13-6-8-3-4-10(16-2)9(12)5-8/h3-5,7,13H,6H2,1-2H3,(H,14,15)/t7-/m0/s1. The number of aliphatic carboxylic acids is 1. The summed E-state index contributed by atoms with van der Waals surface area (Å²) in [5.74, 6) is -1.21. The Morgan fingerprint density at radius 2 is 2.31 bits per heavy atom. The highest BCUT2D eigenvalue weighted by Crippen LogP contribution is 2.17. The number of halogens is 1. The Morgan fingerprint density at radius 1 is 1.62 bits per heavy atom. The molecule has 0 heterocycles. The number of carbonyl (C=O) groups is 1. The topological polar surface area (TPSA) is 58.6 Å². The Kier molecular flexibility index (Phi) is 4.25. The number of ether oxygens (including phenoxy) is 1. The summed E-state index contributed by atoms with van der Waals surface area (Å²) in [6.45, 7) is 1.83. The summed E-state index contributed by atoms with van der Waals surface area (Å²) >= 11 is 0. The lowest BCUT2D eigenvalue weighted by Crippen LogP contribution is -2.33. The molecule has 1 aromatic rings. The zero-order chi connectivity index (χ0) is 12.1. The van der Waals surface area contributed by atoms with E-state index >= 15 is 0 Å². The van der Waals surface area contributed by atoms with Crippen LogP contribution in [0.1, 0.15) is 12.5 Å². The van der Waals surface area contributed by atoms with Crippen molar-refractivity contribution in [1.29, 1.82) is 0 Å². The zero-order valence-corrected chi connectivity index (χ0v) is 9.16. The fraction of sp³-hybridized carbons (Fsp3) is 0.364. The maximum absolute atomic E-state index is 13.3.